The van der Waals surface area contributed by atoms with E-state index < -0.39 is 49.1 Å². The molecule has 0 spiro atoms. The summed E-state index contributed by atoms with van der Waals surface area (Å²) in [7, 11) is 0. The first-order valence-electron chi connectivity index (χ1n) is 12.6. The van der Waals surface area contributed by atoms with Crippen LogP contribution in [0.2, 0.25) is 0 Å². The molecule has 41 heavy (non-hydrogen) atoms. The van der Waals surface area contributed by atoms with E-state index in [4.69, 9.17) is 14.9 Å². The summed E-state index contributed by atoms with van der Waals surface area (Å²) in [6, 6.07) is 1.10. The van der Waals surface area contributed by atoms with Gasteiger partial charge in [0.1, 0.15) is 36.8 Å². The molecular formula is C24H30FN7O9. The van der Waals surface area contributed by atoms with Crippen LogP contribution < -0.4 is 21.1 Å². The lowest BCUT2D eigenvalue weighted by Gasteiger charge is -2.18. The summed E-state index contributed by atoms with van der Waals surface area (Å²) in [5.74, 6) is -3.58. The minimum absolute atomic E-state index is 0.00975. The highest BCUT2D eigenvalue weighted by atomic mass is 19.1. The Hall–Kier alpha value is -4.96. The van der Waals surface area contributed by atoms with Crippen LogP contribution in [0.15, 0.2) is 29.2 Å². The van der Waals surface area contributed by atoms with Gasteiger partial charge in [0.05, 0.1) is 23.8 Å². The molecule has 3 aromatic rings. The van der Waals surface area contributed by atoms with Gasteiger partial charge < -0.3 is 35.7 Å². The number of carbonyl (C=O) groups is 4. The number of H-pyrrole nitrogens is 1. The van der Waals surface area contributed by atoms with E-state index in [9.17, 15) is 33.5 Å². The van der Waals surface area contributed by atoms with Crippen LogP contribution in [0.4, 0.5) is 9.18 Å². The fraction of sp³-hybridized carbons (Fsp3) is 0.458. The highest BCUT2D eigenvalue weighted by Crippen LogP contribution is 2.20. The summed E-state index contributed by atoms with van der Waals surface area (Å²) in [5.41, 5.74) is 1.24. The van der Waals surface area contributed by atoms with Crippen LogP contribution in [-0.4, -0.2) is 82.6 Å². The van der Waals surface area contributed by atoms with Crippen LogP contribution in [0, 0.1) is 0 Å². The third-order valence-corrected chi connectivity index (χ3v) is 6.01. The van der Waals surface area contributed by atoms with Crippen molar-refractivity contribution in [3.05, 3.63) is 40.6 Å². The molecule has 0 aliphatic rings. The predicted molar refractivity (Wildman–Crippen MR) is 138 cm³/mol. The van der Waals surface area contributed by atoms with Crippen molar-refractivity contribution < 1.29 is 43.6 Å². The molecule has 2 atom stereocenters. The molecule has 0 bridgehead atoms. The van der Waals surface area contributed by atoms with Gasteiger partial charge in [0.15, 0.2) is 0 Å². The lowest BCUT2D eigenvalue weighted by molar-refractivity contribution is -0.140. The average Bonchev–Trinajstić information content (AvgIpc) is 3.49. The Kier molecular flexibility index (Phi) is 10.8. The number of ether oxygens (including phenoxy) is 1. The summed E-state index contributed by atoms with van der Waals surface area (Å²) in [6.45, 7) is -0.173. The van der Waals surface area contributed by atoms with Crippen molar-refractivity contribution >= 4 is 35.0 Å². The van der Waals surface area contributed by atoms with Crippen LogP contribution >= 0.6 is 0 Å². The number of benzene rings is 1. The number of nitrogens with one attached hydrogen (secondary N) is 3. The second kappa shape index (κ2) is 14.4. The van der Waals surface area contributed by atoms with E-state index in [1.165, 1.54) is 9.25 Å². The minimum Gasteiger partial charge on any atom is -0.487 e. The second-order valence-electron chi connectivity index (χ2n) is 9.04. The number of fused-ring (bicyclic) bond motifs is 1. The van der Waals surface area contributed by atoms with Crippen LogP contribution in [0.25, 0.3) is 11.0 Å². The van der Waals surface area contributed by atoms with E-state index >= 15 is 0 Å². The number of carbonyl (C=O) groups excluding carboxylic acids is 1. The smallest absolute Gasteiger partial charge is 0.326 e. The Morgan fingerprint density at radius 1 is 1.02 bits per heavy atom. The average molecular weight is 580 g/mol. The van der Waals surface area contributed by atoms with Crippen molar-refractivity contribution in [2.24, 2.45) is 0 Å². The fourth-order valence-corrected chi connectivity index (χ4v) is 3.96. The lowest BCUT2D eigenvalue weighted by Crippen LogP contribution is -2.51. The Bertz CT molecular complexity index is 1430. The van der Waals surface area contributed by atoms with Crippen molar-refractivity contribution in [2.75, 3.05) is 6.67 Å². The van der Waals surface area contributed by atoms with Crippen molar-refractivity contribution in [1.29, 1.82) is 0 Å². The van der Waals surface area contributed by atoms with Gasteiger partial charge in [-0.1, -0.05) is 5.21 Å². The van der Waals surface area contributed by atoms with Crippen LogP contribution in [0.3, 0.4) is 0 Å². The molecule has 0 unspecified atom stereocenters. The minimum atomic E-state index is -1.50. The number of alkyl halides is 1. The number of aromatic nitrogens is 5. The number of aliphatic carboxylic acids is 3. The number of halogens is 1. The number of aryl methyl sites for hydroxylation is 2. The first-order valence-corrected chi connectivity index (χ1v) is 12.6. The Labute approximate surface area is 231 Å². The van der Waals surface area contributed by atoms with Gasteiger partial charge in [-0.3, -0.25) is 9.36 Å². The summed E-state index contributed by atoms with van der Waals surface area (Å²) < 4.78 is 21.0. The van der Waals surface area contributed by atoms with Gasteiger partial charge in [-0.25, -0.2) is 28.3 Å². The SMILES string of the molecule is O=C(O)CC[C@H](NC(=O)N[C@@H](CCCCn1c(=O)[nH]c2ccc(OCc3cn(CCF)nn3)cc21)C(=O)O)C(=O)O. The molecule has 0 radical (unpaired) electrons. The van der Waals surface area contributed by atoms with Gasteiger partial charge in [-0.15, -0.1) is 5.10 Å². The van der Waals surface area contributed by atoms with Gasteiger partial charge in [-0.2, -0.15) is 0 Å². The zero-order valence-corrected chi connectivity index (χ0v) is 21.8. The van der Waals surface area contributed by atoms with Gasteiger partial charge in [-0.05, 0) is 37.8 Å². The summed E-state index contributed by atoms with van der Waals surface area (Å²) in [4.78, 5) is 60.9. The number of urea groups is 1. The molecule has 2 aromatic heterocycles. The summed E-state index contributed by atoms with van der Waals surface area (Å²) >= 11 is 0. The highest BCUT2D eigenvalue weighted by molar-refractivity contribution is 5.86. The van der Waals surface area contributed by atoms with Gasteiger partial charge >= 0.3 is 29.6 Å². The number of hydrogen-bond donors (Lipinski definition) is 6. The zero-order chi connectivity index (χ0) is 29.9. The number of rotatable bonds is 17. The first kappa shape index (κ1) is 30.6. The molecule has 16 nitrogen and oxygen atoms in total. The molecule has 1 aromatic carbocycles. The van der Waals surface area contributed by atoms with Crippen molar-refractivity contribution in [3.8, 4) is 5.75 Å². The van der Waals surface area contributed by atoms with E-state index in [1.807, 2.05) is 0 Å². The van der Waals surface area contributed by atoms with Gasteiger partial charge in [0, 0.05) is 19.0 Å². The zero-order valence-electron chi connectivity index (χ0n) is 21.8. The molecule has 0 aliphatic heterocycles. The van der Waals surface area contributed by atoms with Gasteiger partial charge in [0.25, 0.3) is 0 Å². The molecule has 0 saturated carbocycles. The normalized spacial score (nSPS) is 12.5. The Morgan fingerprint density at radius 2 is 1.73 bits per heavy atom. The molecule has 222 valence electrons. The van der Waals surface area contributed by atoms with Crippen molar-refractivity contribution in [1.82, 2.24) is 35.2 Å². The fourth-order valence-electron chi connectivity index (χ4n) is 3.96. The van der Waals surface area contributed by atoms with Crippen LogP contribution in [0.5, 0.6) is 5.75 Å². The summed E-state index contributed by atoms with van der Waals surface area (Å²) in [5, 5.41) is 39.3. The third kappa shape index (κ3) is 9.04. The molecule has 6 N–H and O–H groups in total. The highest BCUT2D eigenvalue weighted by Gasteiger charge is 2.24. The quantitative estimate of drug-likeness (QED) is 0.122. The maximum atomic E-state index is 12.5. The molecule has 0 fully saturated rings. The standard InChI is InChI=1S/C24H30FN7O9/c25-8-10-31-12-14(29-30-31)13-41-15-4-5-16-19(11-15)32(24(40)28-16)9-2-1-3-17(21(35)36)26-23(39)27-18(22(37)38)6-7-20(33)34/h4-5,11-12,17-18H,1-3,6-10,13H2,(H,28,40)(H,33,34)(H,35,36)(H,37,38)(H2,26,27,39)/t17-,18-/m0/s1. The van der Waals surface area contributed by atoms with Crippen LogP contribution in [0.1, 0.15) is 37.8 Å². The largest absolute Gasteiger partial charge is 0.487 e. The van der Waals surface area contributed by atoms with Crippen LogP contribution in [-0.2, 0) is 34.1 Å². The molecular weight excluding hydrogens is 549 g/mol. The lowest BCUT2D eigenvalue weighted by atomic mass is 10.1. The van der Waals surface area contributed by atoms with E-state index in [0.29, 0.717) is 35.3 Å². The molecule has 0 saturated heterocycles. The number of unbranched alkanes of at least 4 members (excludes halogenated alkanes) is 1. The monoisotopic (exact) mass is 579 g/mol. The third-order valence-electron chi connectivity index (χ3n) is 6.01. The number of hydrogen-bond acceptors (Lipinski definition) is 8. The first-order chi connectivity index (χ1) is 19.6. The maximum Gasteiger partial charge on any atom is 0.326 e. The number of amides is 2. The number of carboxylic acid groups (broad SMARTS) is 3. The molecule has 2 amide bonds. The summed E-state index contributed by atoms with van der Waals surface area (Å²) in [6.07, 6.45) is 1.36. The number of imidazole rings is 1. The molecule has 3 rings (SSSR count). The number of nitrogens with zero attached hydrogens (tertiary/aromatic N) is 4. The Morgan fingerprint density at radius 3 is 2.39 bits per heavy atom. The molecule has 0 aliphatic carbocycles. The number of aromatic amines is 1. The predicted octanol–water partition coefficient (Wildman–Crippen LogP) is 0.710. The number of carboxylic acids is 3. The molecule has 17 heteroatoms. The molecule has 2 heterocycles. The van der Waals surface area contributed by atoms with Crippen molar-refractivity contribution in [2.45, 2.75) is 63.9 Å². The second-order valence-corrected chi connectivity index (χ2v) is 9.04. The van der Waals surface area contributed by atoms with E-state index in [-0.39, 0.29) is 38.2 Å². The van der Waals surface area contributed by atoms with Crippen molar-refractivity contribution in [3.63, 3.8) is 0 Å². The maximum absolute atomic E-state index is 12.5. The van der Waals surface area contributed by atoms with E-state index in [1.54, 1.807) is 24.4 Å². The van der Waals surface area contributed by atoms with E-state index in [2.05, 4.69) is 25.9 Å². The topological polar surface area (TPSA) is 231 Å². The van der Waals surface area contributed by atoms with Gasteiger partial charge in [0.2, 0.25) is 0 Å². The van der Waals surface area contributed by atoms with E-state index in [0.717, 1.165) is 0 Å². The Balaban J connectivity index is 1.54.